The lowest BCUT2D eigenvalue weighted by Crippen LogP contribution is -2.40. The molecule has 6 heteroatoms. The van der Waals surface area contributed by atoms with Gasteiger partial charge in [-0.2, -0.15) is 5.26 Å². The Morgan fingerprint density at radius 3 is 2.92 bits per heavy atom. The SMILES string of the molecule is Cc1c(C#N)c(NC(=O)CN2CCCC(C)C2)n(Cc2ccco2)c1C. The normalized spacial score (nSPS) is 17.8. The summed E-state index contributed by atoms with van der Waals surface area (Å²) in [6.45, 7) is 8.84. The lowest BCUT2D eigenvalue weighted by Gasteiger charge is -2.30. The molecular formula is C20H26N4O2. The molecule has 138 valence electrons. The van der Waals surface area contributed by atoms with E-state index >= 15 is 0 Å². The van der Waals surface area contributed by atoms with Gasteiger partial charge in [-0.25, -0.2) is 0 Å². The Bertz CT molecular complexity index is 814. The number of carbonyl (C=O) groups excluding carboxylic acids is 1. The number of likely N-dealkylation sites (tertiary alicyclic amines) is 1. The predicted molar refractivity (Wildman–Crippen MR) is 99.9 cm³/mol. The topological polar surface area (TPSA) is 74.2 Å². The Labute approximate surface area is 154 Å². The first-order chi connectivity index (χ1) is 12.5. The fourth-order valence-electron chi connectivity index (χ4n) is 3.69. The van der Waals surface area contributed by atoms with Crippen molar-refractivity contribution in [3.63, 3.8) is 0 Å². The first kappa shape index (κ1) is 18.3. The number of amides is 1. The van der Waals surface area contributed by atoms with Gasteiger partial charge >= 0.3 is 0 Å². The summed E-state index contributed by atoms with van der Waals surface area (Å²) < 4.78 is 7.39. The Hall–Kier alpha value is -2.52. The molecule has 1 aliphatic heterocycles. The van der Waals surface area contributed by atoms with Crippen molar-refractivity contribution in [3.8, 4) is 6.07 Å². The van der Waals surface area contributed by atoms with E-state index in [0.717, 1.165) is 36.5 Å². The summed E-state index contributed by atoms with van der Waals surface area (Å²) in [6, 6.07) is 5.97. The van der Waals surface area contributed by atoms with Gasteiger partial charge in [0.1, 0.15) is 17.6 Å². The van der Waals surface area contributed by atoms with Crippen LogP contribution in [0, 0.1) is 31.1 Å². The summed E-state index contributed by atoms with van der Waals surface area (Å²) in [5.41, 5.74) is 2.37. The zero-order valence-electron chi connectivity index (χ0n) is 15.7. The van der Waals surface area contributed by atoms with E-state index < -0.39 is 0 Å². The van der Waals surface area contributed by atoms with Gasteiger partial charge in [0.05, 0.1) is 24.9 Å². The van der Waals surface area contributed by atoms with Crippen LogP contribution in [-0.4, -0.2) is 35.0 Å². The highest BCUT2D eigenvalue weighted by molar-refractivity contribution is 5.93. The lowest BCUT2D eigenvalue weighted by molar-refractivity contribution is -0.117. The van der Waals surface area contributed by atoms with E-state index in [-0.39, 0.29) is 5.91 Å². The summed E-state index contributed by atoms with van der Waals surface area (Å²) in [4.78, 5) is 14.8. The van der Waals surface area contributed by atoms with Crippen LogP contribution in [0.15, 0.2) is 22.8 Å². The molecule has 1 atom stereocenters. The summed E-state index contributed by atoms with van der Waals surface area (Å²) in [5.74, 6) is 1.90. The number of carbonyl (C=O) groups is 1. The van der Waals surface area contributed by atoms with E-state index in [1.165, 1.54) is 6.42 Å². The van der Waals surface area contributed by atoms with Crippen molar-refractivity contribution < 1.29 is 9.21 Å². The zero-order valence-corrected chi connectivity index (χ0v) is 15.7. The Morgan fingerprint density at radius 2 is 2.27 bits per heavy atom. The molecule has 26 heavy (non-hydrogen) atoms. The Kier molecular flexibility index (Phi) is 5.48. The molecule has 1 unspecified atom stereocenters. The van der Waals surface area contributed by atoms with Gasteiger partial charge in [0.15, 0.2) is 0 Å². The number of aromatic nitrogens is 1. The van der Waals surface area contributed by atoms with Gasteiger partial charge in [0, 0.05) is 12.2 Å². The van der Waals surface area contributed by atoms with Crippen molar-refractivity contribution in [1.82, 2.24) is 9.47 Å². The molecule has 1 amide bonds. The van der Waals surface area contributed by atoms with E-state index in [9.17, 15) is 10.1 Å². The maximum atomic E-state index is 12.6. The second kappa shape index (κ2) is 7.79. The molecule has 1 aliphatic rings. The standard InChI is InChI=1S/C20H26N4O2/c1-14-6-4-8-23(11-14)13-19(25)22-20-18(10-21)15(2)16(3)24(20)12-17-7-5-9-26-17/h5,7,9,14H,4,6,8,11-13H2,1-3H3,(H,22,25). The molecular weight excluding hydrogens is 328 g/mol. The molecule has 2 aromatic heterocycles. The maximum absolute atomic E-state index is 12.6. The van der Waals surface area contributed by atoms with E-state index in [4.69, 9.17) is 4.42 Å². The minimum atomic E-state index is -0.0752. The van der Waals surface area contributed by atoms with Crippen molar-refractivity contribution in [2.75, 3.05) is 25.0 Å². The van der Waals surface area contributed by atoms with Crippen LogP contribution in [-0.2, 0) is 11.3 Å². The smallest absolute Gasteiger partial charge is 0.239 e. The van der Waals surface area contributed by atoms with Gasteiger partial charge < -0.3 is 14.3 Å². The quantitative estimate of drug-likeness (QED) is 0.894. The van der Waals surface area contributed by atoms with Gasteiger partial charge in [0.2, 0.25) is 5.91 Å². The molecule has 1 saturated heterocycles. The highest BCUT2D eigenvalue weighted by Gasteiger charge is 2.23. The molecule has 0 aliphatic carbocycles. The summed E-state index contributed by atoms with van der Waals surface area (Å²) in [6.07, 6.45) is 3.98. The van der Waals surface area contributed by atoms with Gasteiger partial charge in [-0.1, -0.05) is 6.92 Å². The van der Waals surface area contributed by atoms with Crippen LogP contribution in [0.3, 0.4) is 0 Å². The average molecular weight is 354 g/mol. The number of anilines is 1. The van der Waals surface area contributed by atoms with Crippen molar-refractivity contribution >= 4 is 11.7 Å². The number of piperidine rings is 1. The molecule has 1 fully saturated rings. The minimum Gasteiger partial charge on any atom is -0.467 e. The predicted octanol–water partition coefficient (Wildman–Crippen LogP) is 3.29. The third-order valence-corrected chi connectivity index (χ3v) is 5.20. The largest absolute Gasteiger partial charge is 0.467 e. The van der Waals surface area contributed by atoms with Gasteiger partial charge in [-0.15, -0.1) is 0 Å². The maximum Gasteiger partial charge on any atom is 0.239 e. The molecule has 2 aromatic rings. The van der Waals surface area contributed by atoms with Gasteiger partial charge in [-0.3, -0.25) is 9.69 Å². The van der Waals surface area contributed by atoms with Crippen LogP contribution in [0.25, 0.3) is 0 Å². The second-order valence-electron chi connectivity index (χ2n) is 7.24. The molecule has 1 N–H and O–H groups in total. The fourth-order valence-corrected chi connectivity index (χ4v) is 3.69. The molecule has 0 spiro atoms. The Morgan fingerprint density at radius 1 is 1.46 bits per heavy atom. The van der Waals surface area contributed by atoms with E-state index in [1.54, 1.807) is 6.26 Å². The molecule has 0 bridgehead atoms. The molecule has 0 aromatic carbocycles. The van der Waals surface area contributed by atoms with Crippen LogP contribution >= 0.6 is 0 Å². The first-order valence-electron chi connectivity index (χ1n) is 9.14. The molecule has 6 nitrogen and oxygen atoms in total. The Balaban J connectivity index is 1.80. The van der Waals surface area contributed by atoms with Crippen LogP contribution in [0.1, 0.15) is 42.3 Å². The van der Waals surface area contributed by atoms with Crippen LogP contribution in [0.5, 0.6) is 0 Å². The van der Waals surface area contributed by atoms with Crippen molar-refractivity contribution in [1.29, 1.82) is 5.26 Å². The van der Waals surface area contributed by atoms with E-state index in [0.29, 0.717) is 30.4 Å². The number of nitrogens with one attached hydrogen (secondary N) is 1. The minimum absolute atomic E-state index is 0.0752. The summed E-state index contributed by atoms with van der Waals surface area (Å²) in [7, 11) is 0. The van der Waals surface area contributed by atoms with Crippen molar-refractivity contribution in [2.24, 2.45) is 5.92 Å². The number of hydrogen-bond donors (Lipinski definition) is 1. The third-order valence-electron chi connectivity index (χ3n) is 5.20. The molecule has 0 saturated carbocycles. The number of nitrogens with zero attached hydrogens (tertiary/aromatic N) is 3. The average Bonchev–Trinajstić information content (AvgIpc) is 3.18. The monoisotopic (exact) mass is 354 g/mol. The zero-order chi connectivity index (χ0) is 18.7. The van der Waals surface area contributed by atoms with Crippen LogP contribution in [0.2, 0.25) is 0 Å². The van der Waals surface area contributed by atoms with Crippen molar-refractivity contribution in [3.05, 3.63) is 41.0 Å². The molecule has 0 radical (unpaired) electrons. The second-order valence-corrected chi connectivity index (χ2v) is 7.24. The highest BCUT2D eigenvalue weighted by atomic mass is 16.3. The summed E-state index contributed by atoms with van der Waals surface area (Å²) in [5, 5.41) is 12.6. The molecule has 3 heterocycles. The highest BCUT2D eigenvalue weighted by Crippen LogP contribution is 2.27. The van der Waals surface area contributed by atoms with E-state index in [2.05, 4.69) is 23.2 Å². The first-order valence-corrected chi connectivity index (χ1v) is 9.14. The van der Waals surface area contributed by atoms with Crippen LogP contribution in [0.4, 0.5) is 5.82 Å². The number of hydrogen-bond acceptors (Lipinski definition) is 4. The number of rotatable bonds is 5. The third kappa shape index (κ3) is 3.83. The van der Waals surface area contributed by atoms with E-state index in [1.807, 2.05) is 30.5 Å². The lowest BCUT2D eigenvalue weighted by atomic mass is 10.0. The fraction of sp³-hybridized carbons (Fsp3) is 0.500. The number of nitriles is 1. The summed E-state index contributed by atoms with van der Waals surface area (Å²) >= 11 is 0. The van der Waals surface area contributed by atoms with Gasteiger partial charge in [-0.05, 0) is 56.8 Å². The van der Waals surface area contributed by atoms with Crippen molar-refractivity contribution in [2.45, 2.75) is 40.2 Å². The number of furan rings is 1. The van der Waals surface area contributed by atoms with Gasteiger partial charge in [0.25, 0.3) is 0 Å². The molecule has 3 rings (SSSR count). The van der Waals surface area contributed by atoms with Crippen LogP contribution < -0.4 is 5.32 Å².